The molecule has 1 aromatic heterocycles. The summed E-state index contributed by atoms with van der Waals surface area (Å²) in [6, 6.07) is 15.3. The Morgan fingerprint density at radius 3 is 2.74 bits per heavy atom. The molecule has 2 fully saturated rings. The maximum Gasteiger partial charge on any atom is 0.241 e. The van der Waals surface area contributed by atoms with Gasteiger partial charge in [0.05, 0.1) is 5.92 Å². The molecule has 2 unspecified atom stereocenters. The SMILES string of the molecule is O=C(C1CC(c2ccc3c(c2)OCO3)NN1)N1CC(c2nc(-c3ccccc3)no2)C1. The minimum Gasteiger partial charge on any atom is -0.454 e. The van der Waals surface area contributed by atoms with Crippen LogP contribution in [0.2, 0.25) is 0 Å². The number of benzene rings is 2. The van der Waals surface area contributed by atoms with Crippen molar-refractivity contribution in [2.45, 2.75) is 24.4 Å². The Kier molecular flexibility index (Phi) is 4.36. The quantitative estimate of drug-likeness (QED) is 0.662. The number of hydrazine groups is 1. The van der Waals surface area contributed by atoms with Crippen LogP contribution in [0.15, 0.2) is 53.1 Å². The minimum atomic E-state index is -0.279. The second-order valence-electron chi connectivity index (χ2n) is 8.00. The molecule has 2 saturated heterocycles. The van der Waals surface area contributed by atoms with Gasteiger partial charge in [0.1, 0.15) is 6.04 Å². The Morgan fingerprint density at radius 2 is 1.87 bits per heavy atom. The highest BCUT2D eigenvalue weighted by Gasteiger charge is 2.40. The van der Waals surface area contributed by atoms with Crippen molar-refractivity contribution in [2.75, 3.05) is 19.9 Å². The number of ether oxygens (including phenoxy) is 2. The van der Waals surface area contributed by atoms with Crippen LogP contribution in [-0.4, -0.2) is 46.9 Å². The monoisotopic (exact) mass is 419 g/mol. The average Bonchev–Trinajstić information content (AvgIpc) is 3.52. The summed E-state index contributed by atoms with van der Waals surface area (Å²) in [6.07, 6.45) is 0.665. The number of fused-ring (bicyclic) bond motifs is 1. The Bertz CT molecular complexity index is 1110. The van der Waals surface area contributed by atoms with E-state index in [0.29, 0.717) is 31.2 Å². The Balaban J connectivity index is 1.06. The number of carbonyl (C=O) groups is 1. The summed E-state index contributed by atoms with van der Waals surface area (Å²) in [7, 11) is 0. The first-order valence-corrected chi connectivity index (χ1v) is 10.3. The van der Waals surface area contributed by atoms with Gasteiger partial charge in [0.15, 0.2) is 11.5 Å². The number of carbonyl (C=O) groups excluding carboxylic acids is 1. The van der Waals surface area contributed by atoms with Gasteiger partial charge in [-0.3, -0.25) is 4.79 Å². The zero-order chi connectivity index (χ0) is 20.8. The van der Waals surface area contributed by atoms with Crippen molar-refractivity contribution < 1.29 is 18.8 Å². The lowest BCUT2D eigenvalue weighted by atomic mass is 9.96. The highest BCUT2D eigenvalue weighted by atomic mass is 16.7. The summed E-state index contributed by atoms with van der Waals surface area (Å²) >= 11 is 0. The molecule has 3 aliphatic rings. The summed E-state index contributed by atoms with van der Waals surface area (Å²) in [5.41, 5.74) is 8.35. The summed E-state index contributed by atoms with van der Waals surface area (Å²) < 4.78 is 16.3. The molecule has 0 spiro atoms. The first kappa shape index (κ1) is 18.3. The second-order valence-corrected chi connectivity index (χ2v) is 8.00. The predicted molar refractivity (Wildman–Crippen MR) is 109 cm³/mol. The summed E-state index contributed by atoms with van der Waals surface area (Å²) in [5, 5.41) is 4.07. The van der Waals surface area contributed by atoms with E-state index in [1.54, 1.807) is 0 Å². The molecule has 0 saturated carbocycles. The molecular formula is C22H21N5O4. The van der Waals surface area contributed by atoms with E-state index >= 15 is 0 Å². The lowest BCUT2D eigenvalue weighted by Gasteiger charge is -2.38. The molecule has 6 rings (SSSR count). The number of aromatic nitrogens is 2. The van der Waals surface area contributed by atoms with E-state index in [0.717, 1.165) is 22.6 Å². The van der Waals surface area contributed by atoms with E-state index in [1.165, 1.54) is 0 Å². The van der Waals surface area contributed by atoms with Gasteiger partial charge in [-0.1, -0.05) is 41.6 Å². The molecule has 158 valence electrons. The molecular weight excluding hydrogens is 398 g/mol. The summed E-state index contributed by atoms with van der Waals surface area (Å²) in [5.74, 6) is 2.81. The number of nitrogens with one attached hydrogen (secondary N) is 2. The molecule has 31 heavy (non-hydrogen) atoms. The second kappa shape index (κ2) is 7.36. The maximum absolute atomic E-state index is 12.9. The van der Waals surface area contributed by atoms with Gasteiger partial charge in [-0.25, -0.2) is 10.9 Å². The number of likely N-dealkylation sites (tertiary alicyclic amines) is 1. The van der Waals surface area contributed by atoms with Crippen molar-refractivity contribution in [2.24, 2.45) is 0 Å². The van der Waals surface area contributed by atoms with Crippen molar-refractivity contribution in [1.29, 1.82) is 0 Å². The van der Waals surface area contributed by atoms with Crippen molar-refractivity contribution in [3.8, 4) is 22.9 Å². The zero-order valence-corrected chi connectivity index (χ0v) is 16.7. The average molecular weight is 419 g/mol. The summed E-state index contributed by atoms with van der Waals surface area (Å²) in [4.78, 5) is 19.2. The number of amides is 1. The Morgan fingerprint density at radius 1 is 1.03 bits per heavy atom. The highest BCUT2D eigenvalue weighted by Crippen LogP contribution is 2.36. The fourth-order valence-electron chi connectivity index (χ4n) is 4.21. The molecule has 1 amide bonds. The van der Waals surface area contributed by atoms with E-state index in [-0.39, 0.29) is 30.7 Å². The van der Waals surface area contributed by atoms with Crippen LogP contribution in [-0.2, 0) is 4.79 Å². The number of hydrogen-bond donors (Lipinski definition) is 2. The predicted octanol–water partition coefficient (Wildman–Crippen LogP) is 2.00. The first-order chi connectivity index (χ1) is 15.2. The van der Waals surface area contributed by atoms with Crippen LogP contribution in [0.4, 0.5) is 0 Å². The van der Waals surface area contributed by atoms with Gasteiger partial charge >= 0.3 is 0 Å². The highest BCUT2D eigenvalue weighted by molar-refractivity contribution is 5.83. The minimum absolute atomic E-state index is 0.0323. The van der Waals surface area contributed by atoms with Gasteiger partial charge < -0.3 is 18.9 Å². The fraction of sp³-hybridized carbons (Fsp3) is 0.318. The number of rotatable bonds is 4. The zero-order valence-electron chi connectivity index (χ0n) is 16.7. The molecule has 9 heteroatoms. The van der Waals surface area contributed by atoms with E-state index in [9.17, 15) is 4.79 Å². The van der Waals surface area contributed by atoms with Crippen LogP contribution in [0.25, 0.3) is 11.4 Å². The van der Waals surface area contributed by atoms with Gasteiger partial charge in [0.25, 0.3) is 0 Å². The van der Waals surface area contributed by atoms with Crippen LogP contribution in [0, 0.1) is 0 Å². The first-order valence-electron chi connectivity index (χ1n) is 10.3. The van der Waals surface area contributed by atoms with Crippen LogP contribution in [0.3, 0.4) is 0 Å². The third-order valence-corrected chi connectivity index (χ3v) is 6.02. The lowest BCUT2D eigenvalue weighted by molar-refractivity contribution is -0.138. The fourth-order valence-corrected chi connectivity index (χ4v) is 4.21. The standard InChI is InChI=1S/C22H21N5O4/c28-22(17-9-16(24-25-17)14-6-7-18-19(8-14)30-12-29-18)27-10-15(11-27)21-23-20(26-31-21)13-4-2-1-3-5-13/h1-8,15-17,24-25H,9-12H2. The molecule has 3 aromatic rings. The molecule has 3 aliphatic heterocycles. The Hall–Kier alpha value is -3.43. The van der Waals surface area contributed by atoms with Crippen molar-refractivity contribution >= 4 is 5.91 Å². The molecule has 0 aliphatic carbocycles. The molecule has 0 radical (unpaired) electrons. The van der Waals surface area contributed by atoms with Crippen molar-refractivity contribution in [3.05, 3.63) is 60.0 Å². The maximum atomic E-state index is 12.9. The molecule has 0 bridgehead atoms. The van der Waals surface area contributed by atoms with Gasteiger partial charge in [0.2, 0.25) is 24.4 Å². The van der Waals surface area contributed by atoms with Crippen LogP contribution in [0.1, 0.15) is 29.8 Å². The largest absolute Gasteiger partial charge is 0.454 e. The topological polar surface area (TPSA) is 102 Å². The third kappa shape index (κ3) is 3.31. The number of nitrogens with zero attached hydrogens (tertiary/aromatic N) is 3. The van der Waals surface area contributed by atoms with Gasteiger partial charge in [0, 0.05) is 24.7 Å². The molecule has 2 aromatic carbocycles. The molecule has 2 N–H and O–H groups in total. The lowest BCUT2D eigenvalue weighted by Crippen LogP contribution is -2.54. The van der Waals surface area contributed by atoms with Gasteiger partial charge in [-0.2, -0.15) is 4.98 Å². The number of hydrogen-bond acceptors (Lipinski definition) is 8. The summed E-state index contributed by atoms with van der Waals surface area (Å²) in [6.45, 7) is 1.42. The molecule has 4 heterocycles. The van der Waals surface area contributed by atoms with Crippen LogP contribution >= 0.6 is 0 Å². The third-order valence-electron chi connectivity index (χ3n) is 6.02. The van der Waals surface area contributed by atoms with E-state index < -0.39 is 0 Å². The van der Waals surface area contributed by atoms with E-state index in [4.69, 9.17) is 14.0 Å². The van der Waals surface area contributed by atoms with Crippen molar-refractivity contribution in [3.63, 3.8) is 0 Å². The van der Waals surface area contributed by atoms with Gasteiger partial charge in [-0.05, 0) is 24.1 Å². The van der Waals surface area contributed by atoms with Crippen molar-refractivity contribution in [1.82, 2.24) is 25.9 Å². The van der Waals surface area contributed by atoms with Gasteiger partial charge in [-0.15, -0.1) is 0 Å². The van der Waals surface area contributed by atoms with Crippen LogP contribution in [0.5, 0.6) is 11.5 Å². The van der Waals surface area contributed by atoms with E-state index in [2.05, 4.69) is 21.0 Å². The Labute approximate surface area is 178 Å². The molecule has 2 atom stereocenters. The van der Waals surface area contributed by atoms with Crippen LogP contribution < -0.4 is 20.3 Å². The normalized spacial score (nSPS) is 22.5. The molecule has 9 nitrogen and oxygen atoms in total. The van der Waals surface area contributed by atoms with E-state index in [1.807, 2.05) is 53.4 Å². The smallest absolute Gasteiger partial charge is 0.241 e.